The fraction of sp³-hybridized carbons (Fsp3) is 0.348. The molecule has 2 aromatic rings. The molecule has 0 spiro atoms. The van der Waals surface area contributed by atoms with E-state index in [0.29, 0.717) is 43.2 Å². The lowest BCUT2D eigenvalue weighted by atomic mass is 9.93. The van der Waals surface area contributed by atoms with Gasteiger partial charge in [0.25, 0.3) is 0 Å². The Kier molecular flexibility index (Phi) is 7.00. The predicted molar refractivity (Wildman–Crippen MR) is 113 cm³/mol. The second-order valence-electron chi connectivity index (χ2n) is 7.46. The van der Waals surface area contributed by atoms with Gasteiger partial charge in [-0.2, -0.15) is 0 Å². The van der Waals surface area contributed by atoms with Crippen LogP contribution >= 0.6 is 0 Å². The van der Waals surface area contributed by atoms with Crippen molar-refractivity contribution in [3.05, 3.63) is 65.7 Å². The zero-order valence-corrected chi connectivity index (χ0v) is 16.7. The number of rotatable bonds is 6. The second-order valence-corrected chi connectivity index (χ2v) is 7.46. The number of likely N-dealkylation sites (tertiary alicyclic amines) is 1. The largest absolute Gasteiger partial charge is 0.352 e. The van der Waals surface area contributed by atoms with Gasteiger partial charge in [0.05, 0.1) is 0 Å². The molecule has 6 nitrogen and oxygen atoms in total. The van der Waals surface area contributed by atoms with Gasteiger partial charge in [-0.3, -0.25) is 9.59 Å². The van der Waals surface area contributed by atoms with Gasteiger partial charge in [-0.15, -0.1) is 0 Å². The molecular formula is C23H27N3O3. The molecule has 6 heteroatoms. The van der Waals surface area contributed by atoms with Crippen molar-refractivity contribution in [1.29, 1.82) is 0 Å². The molecular weight excluding hydrogens is 366 g/mol. The molecule has 29 heavy (non-hydrogen) atoms. The summed E-state index contributed by atoms with van der Waals surface area (Å²) in [6, 6.07) is 16.6. The highest BCUT2D eigenvalue weighted by molar-refractivity contribution is 5.95. The highest BCUT2D eigenvalue weighted by Gasteiger charge is 2.24. The van der Waals surface area contributed by atoms with Gasteiger partial charge in [0.1, 0.15) is 0 Å². The first-order chi connectivity index (χ1) is 14.0. The summed E-state index contributed by atoms with van der Waals surface area (Å²) in [6.45, 7) is 3.32. The molecule has 2 N–H and O–H groups in total. The molecule has 0 bridgehead atoms. The maximum absolute atomic E-state index is 12.4. The first kappa shape index (κ1) is 20.6. The number of amides is 3. The lowest BCUT2D eigenvalue weighted by Crippen LogP contribution is -2.41. The third-order valence-corrected chi connectivity index (χ3v) is 5.25. The number of anilines is 1. The Bertz CT molecular complexity index is 841. The molecule has 3 rings (SSSR count). The molecule has 1 heterocycles. The molecule has 1 aliphatic heterocycles. The SMILES string of the molecule is CC(=O)c1ccc(NC(=O)N2CCC(CC(=O)NCc3ccccc3)CC2)cc1. The number of piperidine rings is 1. The third-order valence-electron chi connectivity index (χ3n) is 5.25. The summed E-state index contributed by atoms with van der Waals surface area (Å²) >= 11 is 0. The number of Topliss-reactive ketones (excluding diaryl/α,β-unsaturated/α-hetero) is 1. The molecule has 2 aromatic carbocycles. The molecule has 1 aliphatic rings. The molecule has 0 radical (unpaired) electrons. The van der Waals surface area contributed by atoms with E-state index < -0.39 is 0 Å². The second kappa shape index (κ2) is 9.87. The third kappa shape index (κ3) is 6.17. The van der Waals surface area contributed by atoms with Gasteiger partial charge in [0.15, 0.2) is 5.78 Å². The summed E-state index contributed by atoms with van der Waals surface area (Å²) in [6.07, 6.45) is 2.12. The van der Waals surface area contributed by atoms with Gasteiger partial charge in [-0.05, 0) is 55.5 Å². The molecule has 0 aromatic heterocycles. The van der Waals surface area contributed by atoms with E-state index in [9.17, 15) is 14.4 Å². The first-order valence-corrected chi connectivity index (χ1v) is 9.99. The van der Waals surface area contributed by atoms with Crippen LogP contribution in [-0.4, -0.2) is 35.7 Å². The van der Waals surface area contributed by atoms with Gasteiger partial charge >= 0.3 is 6.03 Å². The summed E-state index contributed by atoms with van der Waals surface area (Å²) in [5, 5.41) is 5.84. The number of carbonyl (C=O) groups excluding carboxylic acids is 3. The maximum Gasteiger partial charge on any atom is 0.321 e. The van der Waals surface area contributed by atoms with Crippen molar-refractivity contribution < 1.29 is 14.4 Å². The van der Waals surface area contributed by atoms with Crippen LogP contribution in [0, 0.1) is 5.92 Å². The van der Waals surface area contributed by atoms with E-state index in [0.717, 1.165) is 18.4 Å². The quantitative estimate of drug-likeness (QED) is 0.732. The Balaban J connectivity index is 1.39. The molecule has 3 amide bonds. The summed E-state index contributed by atoms with van der Waals surface area (Å²) in [5.74, 6) is 0.352. The fourth-order valence-corrected chi connectivity index (χ4v) is 3.46. The van der Waals surface area contributed by atoms with E-state index in [1.807, 2.05) is 30.3 Å². The lowest BCUT2D eigenvalue weighted by molar-refractivity contribution is -0.122. The van der Waals surface area contributed by atoms with Gasteiger partial charge in [0.2, 0.25) is 5.91 Å². The Morgan fingerprint density at radius 3 is 2.24 bits per heavy atom. The Labute approximate surface area is 171 Å². The highest BCUT2D eigenvalue weighted by atomic mass is 16.2. The van der Waals surface area contributed by atoms with E-state index >= 15 is 0 Å². The predicted octanol–water partition coefficient (Wildman–Crippen LogP) is 3.84. The number of benzene rings is 2. The van der Waals surface area contributed by atoms with Crippen molar-refractivity contribution in [1.82, 2.24) is 10.2 Å². The van der Waals surface area contributed by atoms with E-state index in [1.165, 1.54) is 6.92 Å². The number of nitrogens with one attached hydrogen (secondary N) is 2. The van der Waals surface area contributed by atoms with Crippen LogP contribution < -0.4 is 10.6 Å². The number of carbonyl (C=O) groups is 3. The van der Waals surface area contributed by atoms with Gasteiger partial charge in [0, 0.05) is 37.3 Å². The van der Waals surface area contributed by atoms with Gasteiger partial charge in [-0.25, -0.2) is 4.79 Å². The first-order valence-electron chi connectivity index (χ1n) is 9.99. The van der Waals surface area contributed by atoms with E-state index in [4.69, 9.17) is 0 Å². The van der Waals surface area contributed by atoms with Gasteiger partial charge < -0.3 is 15.5 Å². The molecule has 0 saturated carbocycles. The van der Waals surface area contributed by atoms with Crippen molar-refractivity contribution in [2.45, 2.75) is 32.7 Å². The summed E-state index contributed by atoms with van der Waals surface area (Å²) < 4.78 is 0. The van der Waals surface area contributed by atoms with Crippen LogP contribution in [0.1, 0.15) is 42.1 Å². The molecule has 1 fully saturated rings. The number of hydrogen-bond donors (Lipinski definition) is 2. The number of nitrogens with zero attached hydrogens (tertiary/aromatic N) is 1. The monoisotopic (exact) mass is 393 g/mol. The highest BCUT2D eigenvalue weighted by Crippen LogP contribution is 2.21. The van der Waals surface area contributed by atoms with Crippen LogP contribution in [-0.2, 0) is 11.3 Å². The van der Waals surface area contributed by atoms with E-state index in [-0.39, 0.29) is 17.7 Å². The van der Waals surface area contributed by atoms with Crippen LogP contribution in [0.5, 0.6) is 0 Å². The summed E-state index contributed by atoms with van der Waals surface area (Å²) in [4.78, 5) is 37.7. The van der Waals surface area contributed by atoms with Crippen LogP contribution in [0.2, 0.25) is 0 Å². The van der Waals surface area contributed by atoms with Crippen LogP contribution in [0.25, 0.3) is 0 Å². The van der Waals surface area contributed by atoms with Crippen molar-refractivity contribution in [2.24, 2.45) is 5.92 Å². The fourth-order valence-electron chi connectivity index (χ4n) is 3.46. The molecule has 152 valence electrons. The average Bonchev–Trinajstić information content (AvgIpc) is 2.74. The zero-order valence-electron chi connectivity index (χ0n) is 16.7. The molecule has 0 unspecified atom stereocenters. The number of urea groups is 1. The normalized spacial score (nSPS) is 14.3. The Morgan fingerprint density at radius 2 is 1.62 bits per heavy atom. The maximum atomic E-state index is 12.4. The van der Waals surface area contributed by atoms with Gasteiger partial charge in [-0.1, -0.05) is 30.3 Å². The lowest BCUT2D eigenvalue weighted by Gasteiger charge is -2.31. The summed E-state index contributed by atoms with van der Waals surface area (Å²) in [7, 11) is 0. The molecule has 1 saturated heterocycles. The minimum absolute atomic E-state index is 0.00208. The number of hydrogen-bond acceptors (Lipinski definition) is 3. The average molecular weight is 393 g/mol. The van der Waals surface area contributed by atoms with Crippen LogP contribution in [0.3, 0.4) is 0 Å². The van der Waals surface area contributed by atoms with Crippen LogP contribution in [0.15, 0.2) is 54.6 Å². The number of ketones is 1. The minimum atomic E-state index is -0.146. The van der Waals surface area contributed by atoms with Crippen molar-refractivity contribution in [3.63, 3.8) is 0 Å². The van der Waals surface area contributed by atoms with Crippen LogP contribution in [0.4, 0.5) is 10.5 Å². The molecule has 0 atom stereocenters. The van der Waals surface area contributed by atoms with Crippen molar-refractivity contribution in [2.75, 3.05) is 18.4 Å². The van der Waals surface area contributed by atoms with Crippen molar-refractivity contribution >= 4 is 23.4 Å². The Hall–Kier alpha value is -3.15. The van der Waals surface area contributed by atoms with Crippen molar-refractivity contribution in [3.8, 4) is 0 Å². The Morgan fingerprint density at radius 1 is 0.966 bits per heavy atom. The van der Waals surface area contributed by atoms with E-state index in [2.05, 4.69) is 10.6 Å². The summed E-state index contributed by atoms with van der Waals surface area (Å²) in [5.41, 5.74) is 2.38. The topological polar surface area (TPSA) is 78.5 Å². The zero-order chi connectivity index (χ0) is 20.6. The van der Waals surface area contributed by atoms with E-state index in [1.54, 1.807) is 29.2 Å². The minimum Gasteiger partial charge on any atom is -0.352 e. The smallest absolute Gasteiger partial charge is 0.321 e. The molecule has 0 aliphatic carbocycles. The standard InChI is InChI=1S/C23H27N3O3/c1-17(27)20-7-9-21(10-8-20)25-23(29)26-13-11-18(12-14-26)15-22(28)24-16-19-5-3-2-4-6-19/h2-10,18H,11-16H2,1H3,(H,24,28)(H,25,29).